The monoisotopic (exact) mass is 206 g/mol. The molecule has 15 heavy (non-hydrogen) atoms. The summed E-state index contributed by atoms with van der Waals surface area (Å²) in [6, 6.07) is 7.48. The Bertz CT molecular complexity index is 448. The number of nitrogens with zero attached hydrogens (tertiary/aromatic N) is 2. The van der Waals surface area contributed by atoms with Crippen molar-refractivity contribution in [2.75, 3.05) is 0 Å². The average molecular weight is 206 g/mol. The smallest absolute Gasteiger partial charge is 0.258 e. The van der Waals surface area contributed by atoms with Gasteiger partial charge in [0, 0.05) is 5.56 Å². The number of aryl methyl sites for hydroxylation is 1. The van der Waals surface area contributed by atoms with E-state index in [9.17, 15) is 0 Å². The lowest BCUT2D eigenvalue weighted by Crippen LogP contribution is -1.96. The van der Waals surface area contributed by atoms with Crippen molar-refractivity contribution in [3.8, 4) is 11.5 Å². The molecule has 0 bridgehead atoms. The van der Waals surface area contributed by atoms with Crippen molar-refractivity contribution >= 4 is 0 Å². The molecule has 2 rings (SSSR count). The normalized spacial score (nSPS) is 10.9. The first kappa shape index (κ1) is 9.82. The van der Waals surface area contributed by atoms with E-state index in [-0.39, 0.29) is 11.7 Å². The molecule has 1 heterocycles. The van der Waals surface area contributed by atoms with Gasteiger partial charge in [-0.15, -0.1) is 0 Å². The van der Waals surface area contributed by atoms with E-state index in [0.29, 0.717) is 0 Å². The van der Waals surface area contributed by atoms with Gasteiger partial charge in [-0.3, -0.25) is 0 Å². The molecule has 0 radical (unpaired) electrons. The Morgan fingerprint density at radius 3 is 2.40 bits per heavy atom. The van der Waals surface area contributed by atoms with Crippen molar-refractivity contribution in [3.05, 3.63) is 35.7 Å². The third-order valence-electron chi connectivity index (χ3n) is 1.97. The predicted molar refractivity (Wildman–Crippen MR) is 51.6 cm³/mol. The third kappa shape index (κ3) is 2.03. The van der Waals surface area contributed by atoms with Crippen molar-refractivity contribution in [2.45, 2.75) is 13.2 Å². The first-order valence-corrected chi connectivity index (χ1v) is 4.43. The van der Waals surface area contributed by atoms with E-state index >= 15 is 0 Å². The number of benzene rings is 1. The van der Waals surface area contributed by atoms with Gasteiger partial charge in [0.25, 0.3) is 5.89 Å². The number of hydrogen-bond donors (Lipinski definition) is 2. The van der Waals surface area contributed by atoms with Gasteiger partial charge in [-0.1, -0.05) is 22.9 Å². The number of hydrogen-bond acceptors (Lipinski definition) is 5. The molecule has 0 fully saturated rings. The fourth-order valence-electron chi connectivity index (χ4n) is 1.15. The van der Waals surface area contributed by atoms with Crippen LogP contribution in [0, 0.1) is 6.92 Å². The van der Waals surface area contributed by atoms with E-state index in [1.807, 2.05) is 31.2 Å². The molecule has 5 nitrogen and oxygen atoms in total. The lowest BCUT2D eigenvalue weighted by atomic mass is 10.1. The zero-order chi connectivity index (χ0) is 10.8. The van der Waals surface area contributed by atoms with Crippen LogP contribution in [0.1, 0.15) is 17.7 Å². The first-order chi connectivity index (χ1) is 7.16. The van der Waals surface area contributed by atoms with Crippen LogP contribution >= 0.6 is 0 Å². The molecule has 0 aliphatic rings. The highest BCUT2D eigenvalue weighted by molar-refractivity contribution is 5.53. The second kappa shape index (κ2) is 3.80. The molecule has 0 atom stereocenters. The maximum absolute atomic E-state index is 8.80. The van der Waals surface area contributed by atoms with Crippen LogP contribution < -0.4 is 0 Å². The van der Waals surface area contributed by atoms with Gasteiger partial charge in [-0.2, -0.15) is 4.98 Å². The van der Waals surface area contributed by atoms with E-state index in [1.54, 1.807) is 0 Å². The lowest BCUT2D eigenvalue weighted by Gasteiger charge is -1.94. The molecule has 0 amide bonds. The van der Waals surface area contributed by atoms with Crippen LogP contribution in [0.25, 0.3) is 11.5 Å². The zero-order valence-electron chi connectivity index (χ0n) is 8.08. The molecule has 0 aliphatic heterocycles. The molecular weight excluding hydrogens is 196 g/mol. The number of aliphatic hydroxyl groups excluding tert-OH is 1. The topological polar surface area (TPSA) is 79.4 Å². The van der Waals surface area contributed by atoms with Gasteiger partial charge < -0.3 is 14.7 Å². The summed E-state index contributed by atoms with van der Waals surface area (Å²) >= 11 is 0. The van der Waals surface area contributed by atoms with Gasteiger partial charge in [0.05, 0.1) is 0 Å². The summed E-state index contributed by atoms with van der Waals surface area (Å²) in [7, 11) is 0. The summed E-state index contributed by atoms with van der Waals surface area (Å²) in [5.41, 5.74) is 1.88. The molecule has 78 valence electrons. The summed E-state index contributed by atoms with van der Waals surface area (Å²) in [5.74, 6) is 0.142. The van der Waals surface area contributed by atoms with Gasteiger partial charge in [-0.25, -0.2) is 0 Å². The molecule has 5 heteroatoms. The van der Waals surface area contributed by atoms with E-state index in [2.05, 4.69) is 10.1 Å². The van der Waals surface area contributed by atoms with Crippen molar-refractivity contribution in [2.24, 2.45) is 0 Å². The zero-order valence-corrected chi connectivity index (χ0v) is 8.08. The molecule has 0 aliphatic carbocycles. The Morgan fingerprint density at radius 1 is 1.20 bits per heavy atom. The largest absolute Gasteiger partial charge is 0.362 e. The summed E-state index contributed by atoms with van der Waals surface area (Å²) < 4.78 is 4.87. The second-order valence-electron chi connectivity index (χ2n) is 3.20. The van der Waals surface area contributed by atoms with Crippen LogP contribution in [0.3, 0.4) is 0 Å². The minimum atomic E-state index is -1.70. The van der Waals surface area contributed by atoms with Crippen molar-refractivity contribution < 1.29 is 14.7 Å². The average Bonchev–Trinajstić information content (AvgIpc) is 2.68. The van der Waals surface area contributed by atoms with Gasteiger partial charge in [-0.05, 0) is 19.1 Å². The highest BCUT2D eigenvalue weighted by Gasteiger charge is 2.13. The summed E-state index contributed by atoms with van der Waals surface area (Å²) in [6.45, 7) is 1.97. The van der Waals surface area contributed by atoms with E-state index in [1.165, 1.54) is 0 Å². The van der Waals surface area contributed by atoms with Crippen molar-refractivity contribution in [1.82, 2.24) is 10.1 Å². The highest BCUT2D eigenvalue weighted by atomic mass is 16.5. The number of aromatic nitrogens is 2. The molecule has 0 saturated carbocycles. The van der Waals surface area contributed by atoms with E-state index < -0.39 is 6.29 Å². The molecule has 1 aromatic heterocycles. The highest BCUT2D eigenvalue weighted by Crippen LogP contribution is 2.18. The minimum absolute atomic E-state index is 0.134. The number of rotatable bonds is 2. The van der Waals surface area contributed by atoms with Crippen LogP contribution in [-0.2, 0) is 0 Å². The van der Waals surface area contributed by atoms with Gasteiger partial charge >= 0.3 is 0 Å². The quantitative estimate of drug-likeness (QED) is 0.717. The fourth-order valence-corrected chi connectivity index (χ4v) is 1.15. The van der Waals surface area contributed by atoms with Crippen LogP contribution in [0.4, 0.5) is 0 Å². The maximum atomic E-state index is 8.80. The SMILES string of the molecule is Cc1ccc(-c2nc(C(O)O)no2)cc1. The Morgan fingerprint density at radius 2 is 1.87 bits per heavy atom. The molecule has 0 unspecified atom stereocenters. The molecule has 0 saturated heterocycles. The Labute approximate surface area is 86.0 Å². The van der Waals surface area contributed by atoms with Crippen molar-refractivity contribution in [3.63, 3.8) is 0 Å². The van der Waals surface area contributed by atoms with Crippen LogP contribution in [0.2, 0.25) is 0 Å². The Kier molecular flexibility index (Phi) is 2.49. The molecule has 2 aromatic rings. The van der Waals surface area contributed by atoms with E-state index in [4.69, 9.17) is 14.7 Å². The van der Waals surface area contributed by atoms with Crippen LogP contribution in [0.5, 0.6) is 0 Å². The molecule has 0 spiro atoms. The lowest BCUT2D eigenvalue weighted by molar-refractivity contribution is -0.0506. The fraction of sp³-hybridized carbons (Fsp3) is 0.200. The van der Waals surface area contributed by atoms with E-state index in [0.717, 1.165) is 11.1 Å². The Balaban J connectivity index is 2.33. The van der Waals surface area contributed by atoms with Crippen LogP contribution in [0.15, 0.2) is 28.8 Å². The number of aliphatic hydroxyl groups is 2. The predicted octanol–water partition coefficient (Wildman–Crippen LogP) is 1.03. The molecule has 2 N–H and O–H groups in total. The summed E-state index contributed by atoms with van der Waals surface area (Å²) in [6.07, 6.45) is -1.70. The van der Waals surface area contributed by atoms with Crippen molar-refractivity contribution in [1.29, 1.82) is 0 Å². The van der Waals surface area contributed by atoms with Crippen LogP contribution in [-0.4, -0.2) is 20.4 Å². The molecular formula is C10H10N2O3. The minimum Gasteiger partial charge on any atom is -0.362 e. The maximum Gasteiger partial charge on any atom is 0.258 e. The first-order valence-electron chi connectivity index (χ1n) is 4.43. The van der Waals surface area contributed by atoms with Gasteiger partial charge in [0.15, 0.2) is 0 Å². The molecule has 1 aromatic carbocycles. The summed E-state index contributed by atoms with van der Waals surface area (Å²) in [4.78, 5) is 3.83. The second-order valence-corrected chi connectivity index (χ2v) is 3.20. The standard InChI is InChI=1S/C10H10N2O3/c1-6-2-4-7(5-3-6)9-11-8(10(13)14)12-15-9/h2-5,10,13-14H,1H3. The Hall–Kier alpha value is -1.72. The third-order valence-corrected chi connectivity index (χ3v) is 1.97. The van der Waals surface area contributed by atoms with Gasteiger partial charge in [0.1, 0.15) is 0 Å². The van der Waals surface area contributed by atoms with Gasteiger partial charge in [0.2, 0.25) is 12.1 Å². The summed E-state index contributed by atoms with van der Waals surface area (Å²) in [5, 5.41) is 21.0.